The summed E-state index contributed by atoms with van der Waals surface area (Å²) >= 11 is 3.32. The number of aromatic nitrogens is 6. The smallest absolute Gasteiger partial charge is 0.291 e. The van der Waals surface area contributed by atoms with E-state index in [1.807, 2.05) is 17.7 Å². The zero-order chi connectivity index (χ0) is 20.2. The number of thiazole rings is 1. The van der Waals surface area contributed by atoms with E-state index in [1.54, 1.807) is 35.1 Å². The van der Waals surface area contributed by atoms with Crippen molar-refractivity contribution in [3.8, 4) is 0 Å². The van der Waals surface area contributed by atoms with E-state index in [4.69, 9.17) is 4.98 Å². The SMILES string of the molecule is Cn1c2nc(Cc3ccn[nH]3)sc2c2cnn(Cc3ccc4sccc4c3)c(=O)c21. The van der Waals surface area contributed by atoms with Crippen LogP contribution in [-0.2, 0) is 20.0 Å². The lowest BCUT2D eigenvalue weighted by molar-refractivity contribution is 0.644. The van der Waals surface area contributed by atoms with Crippen molar-refractivity contribution in [2.75, 3.05) is 0 Å². The number of nitrogens with zero attached hydrogens (tertiary/aromatic N) is 5. The molecule has 0 fully saturated rings. The molecule has 5 aromatic heterocycles. The molecule has 7 nitrogen and oxygen atoms in total. The number of nitrogens with one attached hydrogen (secondary N) is 1. The summed E-state index contributed by atoms with van der Waals surface area (Å²) < 4.78 is 5.66. The van der Waals surface area contributed by atoms with Crippen LogP contribution in [0.4, 0.5) is 0 Å². The molecule has 1 N–H and O–H groups in total. The summed E-state index contributed by atoms with van der Waals surface area (Å²) in [6, 6.07) is 10.3. The van der Waals surface area contributed by atoms with Gasteiger partial charge in [-0.1, -0.05) is 6.07 Å². The minimum atomic E-state index is -0.0965. The Bertz CT molecular complexity index is 1580. The number of H-pyrrole nitrogens is 1. The fourth-order valence-corrected chi connectivity index (χ4v) is 5.75. The second-order valence-electron chi connectivity index (χ2n) is 7.24. The molecule has 0 saturated carbocycles. The summed E-state index contributed by atoms with van der Waals surface area (Å²) in [5.41, 5.74) is 3.44. The van der Waals surface area contributed by atoms with Crippen LogP contribution in [0.25, 0.3) is 31.3 Å². The Hall–Kier alpha value is -3.30. The van der Waals surface area contributed by atoms with Gasteiger partial charge in [0.05, 0.1) is 17.4 Å². The molecule has 0 aliphatic heterocycles. The van der Waals surface area contributed by atoms with Crippen LogP contribution in [0.15, 0.2) is 52.9 Å². The molecule has 0 saturated heterocycles. The summed E-state index contributed by atoms with van der Waals surface area (Å²) in [6.07, 6.45) is 4.22. The van der Waals surface area contributed by atoms with Crippen molar-refractivity contribution in [2.24, 2.45) is 7.05 Å². The molecule has 0 spiro atoms. The number of thiophene rings is 1. The number of fused-ring (bicyclic) bond motifs is 4. The molecular weight excluding hydrogens is 416 g/mol. The minimum absolute atomic E-state index is 0.0965. The van der Waals surface area contributed by atoms with Gasteiger partial charge in [0.1, 0.15) is 10.5 Å². The highest BCUT2D eigenvalue weighted by molar-refractivity contribution is 7.19. The monoisotopic (exact) mass is 432 g/mol. The zero-order valence-electron chi connectivity index (χ0n) is 16.0. The molecule has 9 heteroatoms. The van der Waals surface area contributed by atoms with Gasteiger partial charge in [-0.2, -0.15) is 10.2 Å². The number of rotatable bonds is 4. The molecule has 0 unspecified atom stereocenters. The standard InChI is InChI=1S/C21H16N6OS2/c1-26-18-15(19-20(26)24-17(30-19)9-14-4-6-22-25-14)10-23-27(21(18)28)11-12-2-3-16-13(8-12)5-7-29-16/h2-8,10H,9,11H2,1H3,(H,22,25). The van der Waals surface area contributed by atoms with Crippen molar-refractivity contribution in [3.63, 3.8) is 0 Å². The van der Waals surface area contributed by atoms with Crippen molar-refractivity contribution in [1.82, 2.24) is 29.5 Å². The lowest BCUT2D eigenvalue weighted by Gasteiger charge is -2.06. The van der Waals surface area contributed by atoms with Gasteiger partial charge in [0.25, 0.3) is 5.56 Å². The van der Waals surface area contributed by atoms with Gasteiger partial charge < -0.3 is 4.57 Å². The van der Waals surface area contributed by atoms with E-state index in [1.165, 1.54) is 14.8 Å². The maximum Gasteiger partial charge on any atom is 0.291 e. The third-order valence-electron chi connectivity index (χ3n) is 5.32. The quantitative estimate of drug-likeness (QED) is 0.458. The number of hydrogen-bond donors (Lipinski definition) is 1. The molecule has 148 valence electrons. The number of aromatic amines is 1. The number of benzene rings is 1. The lowest BCUT2D eigenvalue weighted by atomic mass is 10.2. The van der Waals surface area contributed by atoms with Gasteiger partial charge in [-0.15, -0.1) is 22.7 Å². The van der Waals surface area contributed by atoms with Gasteiger partial charge in [0, 0.05) is 35.4 Å². The largest absolute Gasteiger partial charge is 0.323 e. The molecule has 6 aromatic rings. The maximum atomic E-state index is 13.2. The normalized spacial score (nSPS) is 11.9. The van der Waals surface area contributed by atoms with Crippen LogP contribution in [-0.4, -0.2) is 29.5 Å². The lowest BCUT2D eigenvalue weighted by Crippen LogP contribution is -2.24. The van der Waals surface area contributed by atoms with Crippen molar-refractivity contribution in [1.29, 1.82) is 0 Å². The van der Waals surface area contributed by atoms with Crippen LogP contribution in [0.2, 0.25) is 0 Å². The van der Waals surface area contributed by atoms with Crippen LogP contribution in [0.3, 0.4) is 0 Å². The Morgan fingerprint density at radius 1 is 1.20 bits per heavy atom. The first-order valence-corrected chi connectivity index (χ1v) is 11.2. The van der Waals surface area contributed by atoms with E-state index in [-0.39, 0.29) is 5.56 Å². The Morgan fingerprint density at radius 3 is 3.00 bits per heavy atom. The van der Waals surface area contributed by atoms with Gasteiger partial charge >= 0.3 is 0 Å². The second kappa shape index (κ2) is 6.61. The first-order valence-electron chi connectivity index (χ1n) is 9.46. The van der Waals surface area contributed by atoms with Crippen molar-refractivity contribution >= 4 is 54.0 Å². The summed E-state index contributed by atoms with van der Waals surface area (Å²) in [5.74, 6) is 0. The van der Waals surface area contributed by atoms with Crippen LogP contribution in [0, 0.1) is 0 Å². The fraction of sp³-hybridized carbons (Fsp3) is 0.143. The Kier molecular flexibility index (Phi) is 3.87. The number of aryl methyl sites for hydroxylation is 1. The van der Waals surface area contributed by atoms with Gasteiger partial charge in [0.15, 0.2) is 5.65 Å². The van der Waals surface area contributed by atoms with E-state index in [0.29, 0.717) is 18.5 Å². The van der Waals surface area contributed by atoms with Crippen molar-refractivity contribution < 1.29 is 0 Å². The summed E-state index contributed by atoms with van der Waals surface area (Å²) in [5, 5.41) is 16.5. The predicted molar refractivity (Wildman–Crippen MR) is 120 cm³/mol. The summed E-state index contributed by atoms with van der Waals surface area (Å²) in [4.78, 5) is 18.0. The second-order valence-corrected chi connectivity index (χ2v) is 9.27. The Labute approximate surface area is 178 Å². The third-order valence-corrected chi connectivity index (χ3v) is 7.29. The maximum absolute atomic E-state index is 13.2. The Morgan fingerprint density at radius 2 is 2.13 bits per heavy atom. The van der Waals surface area contributed by atoms with E-state index in [2.05, 4.69) is 44.9 Å². The first kappa shape index (κ1) is 17.5. The molecular formula is C21H16N6OS2. The minimum Gasteiger partial charge on any atom is -0.323 e. The van der Waals surface area contributed by atoms with E-state index in [9.17, 15) is 4.79 Å². The van der Waals surface area contributed by atoms with Crippen molar-refractivity contribution in [2.45, 2.75) is 13.0 Å². The summed E-state index contributed by atoms with van der Waals surface area (Å²) in [7, 11) is 1.90. The fourth-order valence-electron chi connectivity index (χ4n) is 3.85. The predicted octanol–water partition coefficient (Wildman–Crippen LogP) is 3.92. The Balaban J connectivity index is 1.42. The average Bonchev–Trinajstić information content (AvgIpc) is 3.51. The number of hydrogen-bond acceptors (Lipinski definition) is 6. The van der Waals surface area contributed by atoms with Gasteiger partial charge in [-0.3, -0.25) is 9.89 Å². The van der Waals surface area contributed by atoms with Crippen molar-refractivity contribution in [3.05, 3.63) is 74.7 Å². The highest BCUT2D eigenvalue weighted by atomic mass is 32.1. The molecule has 0 radical (unpaired) electrons. The molecule has 0 aliphatic rings. The topological polar surface area (TPSA) is 81.4 Å². The zero-order valence-corrected chi connectivity index (χ0v) is 17.6. The molecule has 1 aromatic carbocycles. The third kappa shape index (κ3) is 2.70. The van der Waals surface area contributed by atoms with Gasteiger partial charge in [0.2, 0.25) is 0 Å². The highest BCUT2D eigenvalue weighted by Gasteiger charge is 2.18. The van der Waals surface area contributed by atoms with Crippen LogP contribution in [0.1, 0.15) is 16.3 Å². The van der Waals surface area contributed by atoms with E-state index >= 15 is 0 Å². The van der Waals surface area contributed by atoms with Crippen LogP contribution >= 0.6 is 22.7 Å². The van der Waals surface area contributed by atoms with Gasteiger partial charge in [-0.25, -0.2) is 9.67 Å². The molecule has 0 aliphatic carbocycles. The molecule has 0 atom stereocenters. The average molecular weight is 433 g/mol. The molecule has 0 amide bonds. The van der Waals surface area contributed by atoms with Crippen LogP contribution in [0.5, 0.6) is 0 Å². The van der Waals surface area contributed by atoms with E-state index < -0.39 is 0 Å². The first-order chi connectivity index (χ1) is 14.7. The summed E-state index contributed by atoms with van der Waals surface area (Å²) in [6.45, 7) is 0.442. The molecule has 0 bridgehead atoms. The molecule has 30 heavy (non-hydrogen) atoms. The van der Waals surface area contributed by atoms with Crippen LogP contribution < -0.4 is 5.56 Å². The van der Waals surface area contributed by atoms with E-state index in [0.717, 1.165) is 32.0 Å². The highest BCUT2D eigenvalue weighted by Crippen LogP contribution is 2.31. The van der Waals surface area contributed by atoms with Gasteiger partial charge in [-0.05, 0) is 40.6 Å². The molecule has 5 heterocycles. The molecule has 6 rings (SSSR count).